The summed E-state index contributed by atoms with van der Waals surface area (Å²) < 4.78 is 0. The van der Waals surface area contributed by atoms with Crippen LogP contribution in [-0.2, 0) is 4.79 Å². The topological polar surface area (TPSA) is 37.3 Å². The SMILES string of the molecule is CC1=CC=CC(C)(C)[C@@H]1C(=O)O. The quantitative estimate of drug-likeness (QED) is 0.648. The van der Waals surface area contributed by atoms with Gasteiger partial charge in [0.2, 0.25) is 0 Å². The maximum absolute atomic E-state index is 10.9. The summed E-state index contributed by atoms with van der Waals surface area (Å²) in [4.78, 5) is 10.9. The Morgan fingerprint density at radius 3 is 2.50 bits per heavy atom. The van der Waals surface area contributed by atoms with Crippen LogP contribution in [0.4, 0.5) is 0 Å². The molecule has 0 aromatic carbocycles. The minimum Gasteiger partial charge on any atom is -0.481 e. The van der Waals surface area contributed by atoms with Gasteiger partial charge in [-0.25, -0.2) is 0 Å². The minimum absolute atomic E-state index is 0.259. The van der Waals surface area contributed by atoms with E-state index in [9.17, 15) is 4.79 Å². The highest BCUT2D eigenvalue weighted by atomic mass is 16.4. The predicted octanol–water partition coefficient (Wildman–Crippen LogP) is 2.23. The average molecular weight is 166 g/mol. The molecule has 0 radical (unpaired) electrons. The van der Waals surface area contributed by atoms with Crippen LogP contribution >= 0.6 is 0 Å². The molecule has 66 valence electrons. The van der Waals surface area contributed by atoms with E-state index in [-0.39, 0.29) is 11.3 Å². The highest BCUT2D eigenvalue weighted by molar-refractivity contribution is 5.75. The average Bonchev–Trinajstić information content (AvgIpc) is 1.82. The zero-order chi connectivity index (χ0) is 9.35. The smallest absolute Gasteiger partial charge is 0.311 e. The van der Waals surface area contributed by atoms with E-state index in [1.807, 2.05) is 39.0 Å². The fraction of sp³-hybridized carbons (Fsp3) is 0.500. The number of rotatable bonds is 1. The molecule has 0 unspecified atom stereocenters. The summed E-state index contributed by atoms with van der Waals surface area (Å²) in [5.74, 6) is -1.11. The van der Waals surface area contributed by atoms with Crippen molar-refractivity contribution < 1.29 is 9.90 Å². The summed E-state index contributed by atoms with van der Waals surface area (Å²) in [7, 11) is 0. The second kappa shape index (κ2) is 2.77. The Morgan fingerprint density at radius 1 is 1.58 bits per heavy atom. The molecule has 12 heavy (non-hydrogen) atoms. The molecule has 1 N–H and O–H groups in total. The first kappa shape index (κ1) is 9.04. The van der Waals surface area contributed by atoms with Crippen molar-refractivity contribution in [1.82, 2.24) is 0 Å². The highest BCUT2D eigenvalue weighted by Crippen LogP contribution is 2.36. The molecule has 1 aliphatic carbocycles. The summed E-state index contributed by atoms with van der Waals surface area (Å²) in [5, 5.41) is 8.97. The van der Waals surface area contributed by atoms with Gasteiger partial charge in [0.15, 0.2) is 0 Å². The van der Waals surface area contributed by atoms with Crippen LogP contribution in [0.1, 0.15) is 20.8 Å². The molecule has 0 heterocycles. The number of carbonyl (C=O) groups is 1. The standard InChI is InChI=1S/C10H14O2/c1-7-5-4-6-10(2,3)8(7)9(11)12/h4-6,8H,1-3H3,(H,11,12)/t8-/m0/s1. The van der Waals surface area contributed by atoms with Gasteiger partial charge < -0.3 is 5.11 Å². The predicted molar refractivity (Wildman–Crippen MR) is 47.8 cm³/mol. The molecule has 0 saturated carbocycles. The zero-order valence-corrected chi connectivity index (χ0v) is 7.66. The molecule has 0 bridgehead atoms. The van der Waals surface area contributed by atoms with Gasteiger partial charge in [0.1, 0.15) is 0 Å². The van der Waals surface area contributed by atoms with Crippen LogP contribution in [0, 0.1) is 11.3 Å². The summed E-state index contributed by atoms with van der Waals surface area (Å²) in [6.45, 7) is 5.75. The molecule has 1 aliphatic rings. The first-order valence-corrected chi connectivity index (χ1v) is 4.04. The molecule has 0 saturated heterocycles. The van der Waals surface area contributed by atoms with Gasteiger partial charge in [0.25, 0.3) is 0 Å². The molecule has 0 aliphatic heterocycles. The molecule has 0 amide bonds. The summed E-state index contributed by atoms with van der Waals surface area (Å²) in [6, 6.07) is 0. The van der Waals surface area contributed by atoms with Crippen LogP contribution in [0.15, 0.2) is 23.8 Å². The Balaban J connectivity index is 3.03. The third-order valence-corrected chi connectivity index (χ3v) is 2.33. The fourth-order valence-corrected chi connectivity index (χ4v) is 1.74. The first-order chi connectivity index (χ1) is 5.45. The number of hydrogen-bond acceptors (Lipinski definition) is 1. The van der Waals surface area contributed by atoms with Gasteiger partial charge in [-0.05, 0) is 12.3 Å². The maximum Gasteiger partial charge on any atom is 0.311 e. The van der Waals surface area contributed by atoms with Crippen molar-refractivity contribution in [2.45, 2.75) is 20.8 Å². The lowest BCUT2D eigenvalue weighted by atomic mass is 9.72. The van der Waals surface area contributed by atoms with Gasteiger partial charge >= 0.3 is 5.97 Å². The monoisotopic (exact) mass is 166 g/mol. The Hall–Kier alpha value is -1.05. The van der Waals surface area contributed by atoms with Crippen LogP contribution in [0.3, 0.4) is 0 Å². The summed E-state index contributed by atoms with van der Waals surface area (Å²) in [6.07, 6.45) is 5.73. The van der Waals surface area contributed by atoms with Gasteiger partial charge in [0.05, 0.1) is 5.92 Å². The third-order valence-electron chi connectivity index (χ3n) is 2.33. The summed E-state index contributed by atoms with van der Waals surface area (Å²) >= 11 is 0. The molecule has 0 spiro atoms. The Bertz CT molecular complexity index is 259. The van der Waals surface area contributed by atoms with Gasteiger partial charge in [0, 0.05) is 0 Å². The normalized spacial score (nSPS) is 26.6. The lowest BCUT2D eigenvalue weighted by Crippen LogP contribution is -2.31. The van der Waals surface area contributed by atoms with Crippen molar-refractivity contribution >= 4 is 5.97 Å². The van der Waals surface area contributed by atoms with E-state index in [0.29, 0.717) is 0 Å². The molecule has 1 atom stereocenters. The van der Waals surface area contributed by atoms with Crippen molar-refractivity contribution in [2.75, 3.05) is 0 Å². The molecule has 0 fully saturated rings. The molecule has 1 rings (SSSR count). The Kier molecular flexibility index (Phi) is 2.09. The van der Waals surface area contributed by atoms with Gasteiger partial charge in [-0.1, -0.05) is 37.6 Å². The third kappa shape index (κ3) is 1.42. The van der Waals surface area contributed by atoms with E-state index < -0.39 is 5.97 Å². The van der Waals surface area contributed by atoms with Gasteiger partial charge in [-0.15, -0.1) is 0 Å². The number of aliphatic carboxylic acids is 1. The minimum atomic E-state index is -0.738. The van der Waals surface area contributed by atoms with Crippen molar-refractivity contribution in [2.24, 2.45) is 11.3 Å². The lowest BCUT2D eigenvalue weighted by molar-refractivity contribution is -0.143. The van der Waals surface area contributed by atoms with Crippen molar-refractivity contribution in [3.63, 3.8) is 0 Å². The van der Waals surface area contributed by atoms with Gasteiger partial charge in [-0.3, -0.25) is 4.79 Å². The van der Waals surface area contributed by atoms with E-state index in [4.69, 9.17) is 5.11 Å². The lowest BCUT2D eigenvalue weighted by Gasteiger charge is -2.31. The molecular formula is C10H14O2. The fourth-order valence-electron chi connectivity index (χ4n) is 1.74. The van der Waals surface area contributed by atoms with E-state index in [0.717, 1.165) is 5.57 Å². The molecule has 2 nitrogen and oxygen atoms in total. The van der Waals surface area contributed by atoms with Crippen LogP contribution in [0.25, 0.3) is 0 Å². The van der Waals surface area contributed by atoms with Gasteiger partial charge in [-0.2, -0.15) is 0 Å². The number of carboxylic acids is 1. The summed E-state index contributed by atoms with van der Waals surface area (Å²) in [5.41, 5.74) is 0.667. The maximum atomic E-state index is 10.9. The van der Waals surface area contributed by atoms with E-state index in [2.05, 4.69) is 0 Å². The molecular weight excluding hydrogens is 152 g/mol. The molecule has 0 aromatic rings. The first-order valence-electron chi connectivity index (χ1n) is 4.04. The number of allylic oxidation sites excluding steroid dienone is 3. The number of hydrogen-bond donors (Lipinski definition) is 1. The zero-order valence-electron chi connectivity index (χ0n) is 7.66. The number of carboxylic acid groups (broad SMARTS) is 1. The molecule has 0 aromatic heterocycles. The highest BCUT2D eigenvalue weighted by Gasteiger charge is 2.35. The van der Waals surface area contributed by atoms with E-state index in [1.54, 1.807) is 0 Å². The van der Waals surface area contributed by atoms with Crippen LogP contribution in [-0.4, -0.2) is 11.1 Å². The van der Waals surface area contributed by atoms with E-state index in [1.165, 1.54) is 0 Å². The Morgan fingerprint density at radius 2 is 2.17 bits per heavy atom. The van der Waals surface area contributed by atoms with Crippen molar-refractivity contribution in [3.8, 4) is 0 Å². The second-order valence-corrected chi connectivity index (χ2v) is 3.86. The largest absolute Gasteiger partial charge is 0.481 e. The second-order valence-electron chi connectivity index (χ2n) is 3.86. The van der Waals surface area contributed by atoms with E-state index >= 15 is 0 Å². The van der Waals surface area contributed by atoms with Crippen molar-refractivity contribution in [3.05, 3.63) is 23.8 Å². The molecule has 2 heteroatoms. The van der Waals surface area contributed by atoms with Crippen LogP contribution in [0.2, 0.25) is 0 Å². The van der Waals surface area contributed by atoms with Crippen molar-refractivity contribution in [1.29, 1.82) is 0 Å². The van der Waals surface area contributed by atoms with Crippen LogP contribution < -0.4 is 0 Å². The Labute approximate surface area is 72.6 Å². The van der Waals surface area contributed by atoms with Crippen LogP contribution in [0.5, 0.6) is 0 Å².